The van der Waals surface area contributed by atoms with E-state index < -0.39 is 11.7 Å². The topological polar surface area (TPSA) is 57.5 Å². The first kappa shape index (κ1) is 10.4. The van der Waals surface area contributed by atoms with Crippen molar-refractivity contribution in [2.75, 3.05) is 0 Å². The molecule has 2 atom stereocenters. The molecule has 2 unspecified atom stereocenters. The standard InChI is InChI=1S/C10H16O3/c1-2-3-4-7-10(13)8(11)5-6-9(10)12/h5-6,8,11,13H,2-4,7H2,1H3. The summed E-state index contributed by atoms with van der Waals surface area (Å²) in [5, 5.41) is 19.2. The molecule has 0 saturated carbocycles. The highest BCUT2D eigenvalue weighted by molar-refractivity contribution is 6.00. The Morgan fingerprint density at radius 1 is 1.54 bits per heavy atom. The molecule has 0 aromatic rings. The number of carbonyl (C=O) groups is 1. The number of hydrogen-bond acceptors (Lipinski definition) is 3. The van der Waals surface area contributed by atoms with E-state index in [0.29, 0.717) is 6.42 Å². The molecule has 3 heteroatoms. The highest BCUT2D eigenvalue weighted by Crippen LogP contribution is 2.26. The minimum absolute atomic E-state index is 0.355. The number of carbonyl (C=O) groups excluding carboxylic acids is 1. The second kappa shape index (κ2) is 4.03. The van der Waals surface area contributed by atoms with Crippen LogP contribution < -0.4 is 0 Å². The second-order valence-corrected chi connectivity index (χ2v) is 3.55. The summed E-state index contributed by atoms with van der Waals surface area (Å²) in [6.45, 7) is 2.05. The van der Waals surface area contributed by atoms with Crippen LogP contribution in [0.5, 0.6) is 0 Å². The fourth-order valence-electron chi connectivity index (χ4n) is 1.54. The second-order valence-electron chi connectivity index (χ2n) is 3.55. The van der Waals surface area contributed by atoms with Crippen molar-refractivity contribution >= 4 is 5.78 Å². The molecule has 3 nitrogen and oxygen atoms in total. The molecule has 0 aliphatic heterocycles. The molecule has 1 aliphatic rings. The van der Waals surface area contributed by atoms with Gasteiger partial charge in [0.1, 0.15) is 6.10 Å². The van der Waals surface area contributed by atoms with E-state index in [2.05, 4.69) is 6.92 Å². The third kappa shape index (κ3) is 1.98. The maximum absolute atomic E-state index is 11.2. The van der Waals surface area contributed by atoms with E-state index in [1.165, 1.54) is 12.2 Å². The largest absolute Gasteiger partial charge is 0.386 e. The molecule has 1 rings (SSSR count). The van der Waals surface area contributed by atoms with Crippen LogP contribution in [0.25, 0.3) is 0 Å². The molecule has 0 saturated heterocycles. The molecule has 1 aliphatic carbocycles. The summed E-state index contributed by atoms with van der Waals surface area (Å²) in [6.07, 6.45) is 4.74. The van der Waals surface area contributed by atoms with Crippen LogP contribution >= 0.6 is 0 Å². The van der Waals surface area contributed by atoms with E-state index in [1.54, 1.807) is 0 Å². The summed E-state index contributed by atoms with van der Waals surface area (Å²) in [7, 11) is 0. The summed E-state index contributed by atoms with van der Waals surface area (Å²) < 4.78 is 0. The molecule has 13 heavy (non-hydrogen) atoms. The van der Waals surface area contributed by atoms with E-state index in [-0.39, 0.29) is 5.78 Å². The lowest BCUT2D eigenvalue weighted by Crippen LogP contribution is -2.44. The predicted molar refractivity (Wildman–Crippen MR) is 49.2 cm³/mol. The van der Waals surface area contributed by atoms with Gasteiger partial charge in [-0.25, -0.2) is 0 Å². The Kier molecular flexibility index (Phi) is 3.22. The minimum Gasteiger partial charge on any atom is -0.386 e. The number of hydrogen-bond donors (Lipinski definition) is 2. The Labute approximate surface area is 78.1 Å². The van der Waals surface area contributed by atoms with Gasteiger partial charge in [-0.05, 0) is 18.6 Å². The highest BCUT2D eigenvalue weighted by atomic mass is 16.3. The molecule has 0 amide bonds. The van der Waals surface area contributed by atoms with Gasteiger partial charge in [-0.15, -0.1) is 0 Å². The van der Waals surface area contributed by atoms with E-state index in [1.807, 2.05) is 0 Å². The van der Waals surface area contributed by atoms with Crippen molar-refractivity contribution in [1.82, 2.24) is 0 Å². The first-order chi connectivity index (χ1) is 6.11. The zero-order chi connectivity index (χ0) is 9.90. The molecule has 0 aromatic carbocycles. The zero-order valence-corrected chi connectivity index (χ0v) is 7.86. The molecule has 2 N–H and O–H groups in total. The summed E-state index contributed by atoms with van der Waals surface area (Å²) in [5.74, 6) is -0.365. The van der Waals surface area contributed by atoms with Crippen molar-refractivity contribution in [1.29, 1.82) is 0 Å². The third-order valence-corrected chi connectivity index (χ3v) is 2.51. The van der Waals surface area contributed by atoms with Crippen LogP contribution in [0.3, 0.4) is 0 Å². The highest BCUT2D eigenvalue weighted by Gasteiger charge is 2.43. The van der Waals surface area contributed by atoms with Gasteiger partial charge in [-0.2, -0.15) is 0 Å². The molecule has 0 aromatic heterocycles. The van der Waals surface area contributed by atoms with Crippen molar-refractivity contribution in [3.05, 3.63) is 12.2 Å². The lowest BCUT2D eigenvalue weighted by molar-refractivity contribution is -0.139. The van der Waals surface area contributed by atoms with Crippen LogP contribution in [-0.2, 0) is 4.79 Å². The molecule has 0 fully saturated rings. The van der Waals surface area contributed by atoms with Crippen LogP contribution in [0.2, 0.25) is 0 Å². The van der Waals surface area contributed by atoms with Gasteiger partial charge in [0, 0.05) is 0 Å². The minimum atomic E-state index is -1.53. The number of aliphatic hydroxyl groups excluding tert-OH is 1. The summed E-state index contributed by atoms with van der Waals surface area (Å²) in [4.78, 5) is 11.2. The third-order valence-electron chi connectivity index (χ3n) is 2.51. The van der Waals surface area contributed by atoms with Gasteiger partial charge in [0.2, 0.25) is 0 Å². The Balaban J connectivity index is 2.50. The molecule has 0 heterocycles. The van der Waals surface area contributed by atoms with E-state index in [4.69, 9.17) is 0 Å². The fourth-order valence-corrected chi connectivity index (χ4v) is 1.54. The van der Waals surface area contributed by atoms with E-state index in [0.717, 1.165) is 19.3 Å². The smallest absolute Gasteiger partial charge is 0.189 e. The van der Waals surface area contributed by atoms with Crippen molar-refractivity contribution in [3.8, 4) is 0 Å². The summed E-state index contributed by atoms with van der Waals surface area (Å²) >= 11 is 0. The Morgan fingerprint density at radius 3 is 2.69 bits per heavy atom. The van der Waals surface area contributed by atoms with Crippen molar-refractivity contribution in [2.45, 2.75) is 44.3 Å². The maximum atomic E-state index is 11.2. The van der Waals surface area contributed by atoms with Crippen LogP contribution in [0.4, 0.5) is 0 Å². The molecular formula is C10H16O3. The van der Waals surface area contributed by atoms with Crippen LogP contribution in [0, 0.1) is 0 Å². The first-order valence-electron chi connectivity index (χ1n) is 4.74. The van der Waals surface area contributed by atoms with Crippen molar-refractivity contribution in [3.63, 3.8) is 0 Å². The number of rotatable bonds is 4. The van der Waals surface area contributed by atoms with Gasteiger partial charge in [0.25, 0.3) is 0 Å². The molecule has 0 spiro atoms. The normalized spacial score (nSPS) is 32.8. The average Bonchev–Trinajstić information content (AvgIpc) is 2.35. The van der Waals surface area contributed by atoms with Gasteiger partial charge in [-0.1, -0.05) is 26.2 Å². The van der Waals surface area contributed by atoms with Crippen LogP contribution in [0.15, 0.2) is 12.2 Å². The van der Waals surface area contributed by atoms with Gasteiger partial charge in [0.15, 0.2) is 11.4 Å². The Bertz CT molecular complexity index is 222. The fraction of sp³-hybridized carbons (Fsp3) is 0.700. The van der Waals surface area contributed by atoms with Crippen molar-refractivity contribution in [2.24, 2.45) is 0 Å². The van der Waals surface area contributed by atoms with Crippen molar-refractivity contribution < 1.29 is 15.0 Å². The molecular weight excluding hydrogens is 168 g/mol. The monoisotopic (exact) mass is 184 g/mol. The average molecular weight is 184 g/mol. The molecule has 0 radical (unpaired) electrons. The summed E-state index contributed by atoms with van der Waals surface area (Å²) in [6, 6.07) is 0. The number of aliphatic hydroxyl groups is 2. The first-order valence-corrected chi connectivity index (χ1v) is 4.74. The van der Waals surface area contributed by atoms with Crippen LogP contribution in [-0.4, -0.2) is 27.7 Å². The molecule has 74 valence electrons. The molecule has 0 bridgehead atoms. The Hall–Kier alpha value is -0.670. The van der Waals surface area contributed by atoms with Gasteiger partial charge in [0.05, 0.1) is 0 Å². The number of ketones is 1. The number of unbranched alkanes of at least 4 members (excludes halogenated alkanes) is 2. The lowest BCUT2D eigenvalue weighted by Gasteiger charge is -2.24. The predicted octanol–water partition coefficient (Wildman–Crippen LogP) is 0.798. The Morgan fingerprint density at radius 2 is 2.23 bits per heavy atom. The van der Waals surface area contributed by atoms with Gasteiger partial charge >= 0.3 is 0 Å². The summed E-state index contributed by atoms with van der Waals surface area (Å²) in [5.41, 5.74) is -1.53. The van der Waals surface area contributed by atoms with E-state index >= 15 is 0 Å². The lowest BCUT2D eigenvalue weighted by atomic mass is 9.91. The SMILES string of the molecule is CCCCCC1(O)C(=O)C=CC1O. The van der Waals surface area contributed by atoms with Gasteiger partial charge < -0.3 is 10.2 Å². The van der Waals surface area contributed by atoms with Gasteiger partial charge in [-0.3, -0.25) is 4.79 Å². The maximum Gasteiger partial charge on any atom is 0.189 e. The quantitative estimate of drug-likeness (QED) is 0.635. The zero-order valence-electron chi connectivity index (χ0n) is 7.86. The van der Waals surface area contributed by atoms with Crippen LogP contribution in [0.1, 0.15) is 32.6 Å². The van der Waals surface area contributed by atoms with E-state index in [9.17, 15) is 15.0 Å².